The quantitative estimate of drug-likeness (QED) is 0.734. The number of aromatic nitrogens is 2. The number of methoxy groups -OCH3 is 1. The molecule has 0 atom stereocenters. The smallest absolute Gasteiger partial charge is 0.358 e. The first kappa shape index (κ1) is 14.4. The molecule has 100 valence electrons. The van der Waals surface area contributed by atoms with Crippen LogP contribution in [0.15, 0.2) is 12.4 Å². The highest BCUT2D eigenvalue weighted by atomic mass is 32.2. The molecule has 1 heterocycles. The Morgan fingerprint density at radius 1 is 1.39 bits per heavy atom. The molecule has 1 N–H and O–H groups in total. The second-order valence-electron chi connectivity index (χ2n) is 3.44. The Labute approximate surface area is 106 Å². The lowest BCUT2D eigenvalue weighted by Crippen LogP contribution is -2.18. The number of hydrogen-bond acceptors (Lipinski definition) is 7. The lowest BCUT2D eigenvalue weighted by molar-refractivity contribution is 0.0593. The van der Waals surface area contributed by atoms with Crippen LogP contribution in [0, 0.1) is 0 Å². The summed E-state index contributed by atoms with van der Waals surface area (Å²) in [5.41, 5.74) is 0.101. The van der Waals surface area contributed by atoms with Gasteiger partial charge in [0.25, 0.3) is 0 Å². The van der Waals surface area contributed by atoms with E-state index in [1.54, 1.807) is 6.92 Å². The zero-order valence-electron chi connectivity index (χ0n) is 10.2. The Hall–Kier alpha value is -1.70. The molecular formula is C10H15N3O4S. The molecule has 0 saturated carbocycles. The highest BCUT2D eigenvalue weighted by Crippen LogP contribution is 2.02. The maximum atomic E-state index is 11.2. The van der Waals surface area contributed by atoms with E-state index >= 15 is 0 Å². The van der Waals surface area contributed by atoms with Crippen molar-refractivity contribution in [1.82, 2.24) is 9.97 Å². The molecule has 1 aromatic rings. The van der Waals surface area contributed by atoms with Crippen molar-refractivity contribution >= 4 is 21.6 Å². The minimum atomic E-state index is -3.00. The molecule has 1 rings (SSSR count). The highest BCUT2D eigenvalue weighted by Gasteiger charge is 2.09. The van der Waals surface area contributed by atoms with Crippen LogP contribution in [0.2, 0.25) is 0 Å². The number of anilines is 1. The summed E-state index contributed by atoms with van der Waals surface area (Å²) < 4.78 is 26.9. The predicted molar refractivity (Wildman–Crippen MR) is 66.2 cm³/mol. The summed E-state index contributed by atoms with van der Waals surface area (Å²) in [4.78, 5) is 18.8. The molecule has 0 aromatic carbocycles. The summed E-state index contributed by atoms with van der Waals surface area (Å²) in [5, 5.41) is 2.81. The van der Waals surface area contributed by atoms with Crippen LogP contribution < -0.4 is 5.32 Å². The van der Waals surface area contributed by atoms with E-state index in [9.17, 15) is 13.2 Å². The van der Waals surface area contributed by atoms with Gasteiger partial charge in [0.2, 0.25) is 0 Å². The van der Waals surface area contributed by atoms with Crippen LogP contribution in [0.4, 0.5) is 5.82 Å². The fourth-order valence-corrected chi connectivity index (χ4v) is 1.81. The van der Waals surface area contributed by atoms with Crippen molar-refractivity contribution in [3.05, 3.63) is 18.1 Å². The maximum absolute atomic E-state index is 11.2. The second-order valence-corrected chi connectivity index (χ2v) is 5.91. The minimum Gasteiger partial charge on any atom is -0.464 e. The third-order valence-electron chi connectivity index (χ3n) is 2.21. The Bertz CT molecular complexity index is 498. The van der Waals surface area contributed by atoms with Gasteiger partial charge in [-0.05, 0) is 0 Å². The van der Waals surface area contributed by atoms with Gasteiger partial charge in [0, 0.05) is 12.3 Å². The summed E-state index contributed by atoms with van der Waals surface area (Å²) in [7, 11) is -1.74. The fourth-order valence-electron chi connectivity index (χ4n) is 1.11. The number of nitrogens with one attached hydrogen (secondary N) is 1. The zero-order valence-corrected chi connectivity index (χ0v) is 11.0. The van der Waals surface area contributed by atoms with Gasteiger partial charge in [0.15, 0.2) is 15.5 Å². The Balaban J connectivity index is 2.52. The molecule has 0 amide bonds. The summed E-state index contributed by atoms with van der Waals surface area (Å²) in [6.45, 7) is 1.85. The van der Waals surface area contributed by atoms with Gasteiger partial charge in [-0.2, -0.15) is 0 Å². The number of rotatable bonds is 6. The number of sulfone groups is 1. The van der Waals surface area contributed by atoms with Crippen molar-refractivity contribution in [3.8, 4) is 0 Å². The minimum absolute atomic E-state index is 0.0317. The first-order chi connectivity index (χ1) is 8.48. The standard InChI is InChI=1S/C10H15N3O4S/c1-3-18(15,16)5-4-11-9-7-12-8(6-13-9)10(14)17-2/h6-7H,3-5H2,1-2H3,(H,11,13). The molecule has 0 spiro atoms. The molecule has 0 radical (unpaired) electrons. The van der Waals surface area contributed by atoms with E-state index in [0.717, 1.165) is 0 Å². The van der Waals surface area contributed by atoms with Gasteiger partial charge in [-0.1, -0.05) is 6.92 Å². The number of carbonyl (C=O) groups is 1. The van der Waals surface area contributed by atoms with Crippen molar-refractivity contribution in [2.75, 3.05) is 30.5 Å². The lowest BCUT2D eigenvalue weighted by Gasteiger charge is -2.05. The molecule has 7 nitrogen and oxygen atoms in total. The normalized spacial score (nSPS) is 11.0. The van der Waals surface area contributed by atoms with Gasteiger partial charge in [-0.25, -0.2) is 23.2 Å². The van der Waals surface area contributed by atoms with E-state index in [0.29, 0.717) is 5.82 Å². The molecule has 8 heteroatoms. The topological polar surface area (TPSA) is 98.2 Å². The van der Waals surface area contributed by atoms with E-state index in [2.05, 4.69) is 20.0 Å². The average Bonchev–Trinajstić information content (AvgIpc) is 2.38. The molecule has 0 unspecified atom stereocenters. The van der Waals surface area contributed by atoms with E-state index in [1.807, 2.05) is 0 Å². The van der Waals surface area contributed by atoms with E-state index < -0.39 is 15.8 Å². The van der Waals surface area contributed by atoms with Crippen LogP contribution in [-0.2, 0) is 14.6 Å². The monoisotopic (exact) mass is 273 g/mol. The number of nitrogens with zero attached hydrogens (tertiary/aromatic N) is 2. The van der Waals surface area contributed by atoms with Crippen LogP contribution in [-0.4, -0.2) is 49.5 Å². The third kappa shape index (κ3) is 4.28. The van der Waals surface area contributed by atoms with E-state index in [4.69, 9.17) is 0 Å². The third-order valence-corrected chi connectivity index (χ3v) is 3.91. The summed E-state index contributed by atoms with van der Waals surface area (Å²) in [5.74, 6) is -0.0115. The molecule has 0 saturated heterocycles. The van der Waals surface area contributed by atoms with Crippen LogP contribution in [0.3, 0.4) is 0 Å². The zero-order chi connectivity index (χ0) is 13.6. The van der Waals surface area contributed by atoms with Crippen molar-refractivity contribution < 1.29 is 17.9 Å². The van der Waals surface area contributed by atoms with Crippen LogP contribution in [0.5, 0.6) is 0 Å². The van der Waals surface area contributed by atoms with Gasteiger partial charge in [0.05, 0.1) is 25.3 Å². The molecule has 0 aliphatic heterocycles. The number of ether oxygens (including phenoxy) is 1. The Morgan fingerprint density at radius 2 is 2.11 bits per heavy atom. The van der Waals surface area contributed by atoms with Crippen LogP contribution >= 0.6 is 0 Å². The van der Waals surface area contributed by atoms with Gasteiger partial charge < -0.3 is 10.1 Å². The molecule has 0 aliphatic rings. The first-order valence-electron chi connectivity index (χ1n) is 5.33. The van der Waals surface area contributed by atoms with Crippen molar-refractivity contribution in [2.24, 2.45) is 0 Å². The number of esters is 1. The van der Waals surface area contributed by atoms with Crippen LogP contribution in [0.25, 0.3) is 0 Å². The van der Waals surface area contributed by atoms with Crippen LogP contribution in [0.1, 0.15) is 17.4 Å². The Morgan fingerprint density at radius 3 is 2.61 bits per heavy atom. The summed E-state index contributed by atoms with van der Waals surface area (Å²) >= 11 is 0. The van der Waals surface area contributed by atoms with Gasteiger partial charge in [-0.3, -0.25) is 0 Å². The Kier molecular flexibility index (Phi) is 5.02. The van der Waals surface area contributed by atoms with Crippen molar-refractivity contribution in [1.29, 1.82) is 0 Å². The average molecular weight is 273 g/mol. The van der Waals surface area contributed by atoms with Gasteiger partial charge in [-0.15, -0.1) is 0 Å². The maximum Gasteiger partial charge on any atom is 0.358 e. The molecule has 0 bridgehead atoms. The molecule has 1 aromatic heterocycles. The largest absolute Gasteiger partial charge is 0.464 e. The first-order valence-corrected chi connectivity index (χ1v) is 7.15. The fraction of sp³-hybridized carbons (Fsp3) is 0.500. The summed E-state index contributed by atoms with van der Waals surface area (Å²) in [6, 6.07) is 0. The summed E-state index contributed by atoms with van der Waals surface area (Å²) in [6.07, 6.45) is 2.62. The van der Waals surface area contributed by atoms with E-state index in [1.165, 1.54) is 19.5 Å². The van der Waals surface area contributed by atoms with Crippen molar-refractivity contribution in [2.45, 2.75) is 6.92 Å². The second kappa shape index (κ2) is 6.29. The van der Waals surface area contributed by atoms with Gasteiger partial charge in [0.1, 0.15) is 5.82 Å². The number of hydrogen-bond donors (Lipinski definition) is 1. The predicted octanol–water partition coefficient (Wildman–Crippen LogP) is 0.110. The molecule has 0 fully saturated rings. The van der Waals surface area contributed by atoms with Gasteiger partial charge >= 0.3 is 5.97 Å². The lowest BCUT2D eigenvalue weighted by atomic mass is 10.4. The van der Waals surface area contributed by atoms with Crippen molar-refractivity contribution in [3.63, 3.8) is 0 Å². The molecule has 0 aliphatic carbocycles. The molecular weight excluding hydrogens is 258 g/mol. The molecule has 18 heavy (non-hydrogen) atoms. The van der Waals surface area contributed by atoms with E-state index in [-0.39, 0.29) is 23.7 Å². The highest BCUT2D eigenvalue weighted by molar-refractivity contribution is 7.91. The number of carbonyl (C=O) groups excluding carboxylic acids is 1. The SMILES string of the molecule is CCS(=O)(=O)CCNc1cnc(C(=O)OC)cn1.